The first-order valence-corrected chi connectivity index (χ1v) is 7.80. The first kappa shape index (κ1) is 15.9. The molecule has 7 heteroatoms. The average molecular weight is 305 g/mol. The number of carbonyl (C=O) groups excluding carboxylic acids is 1. The van der Waals surface area contributed by atoms with Crippen LogP contribution in [0.2, 0.25) is 5.02 Å². The highest BCUT2D eigenvalue weighted by atomic mass is 35.5. The van der Waals surface area contributed by atoms with Crippen LogP contribution in [0.1, 0.15) is 6.92 Å². The fourth-order valence-corrected chi connectivity index (χ4v) is 2.61. The summed E-state index contributed by atoms with van der Waals surface area (Å²) in [4.78, 5) is 11.7. The second kappa shape index (κ2) is 6.88. The van der Waals surface area contributed by atoms with E-state index >= 15 is 0 Å². The third-order valence-electron chi connectivity index (χ3n) is 2.59. The highest BCUT2D eigenvalue weighted by Gasteiger charge is 2.19. The van der Waals surface area contributed by atoms with Crippen LogP contribution >= 0.6 is 11.6 Å². The maximum atomic E-state index is 11.9. The molecule has 0 aliphatic rings. The Labute approximate surface area is 118 Å². The molecule has 0 radical (unpaired) electrons. The van der Waals surface area contributed by atoms with E-state index in [1.165, 1.54) is 24.3 Å². The van der Waals surface area contributed by atoms with Gasteiger partial charge in [0.25, 0.3) is 0 Å². The fourth-order valence-electron chi connectivity index (χ4n) is 1.32. The van der Waals surface area contributed by atoms with Gasteiger partial charge in [-0.1, -0.05) is 11.6 Å². The SMILES string of the molecule is CNC(C)CNC(=O)CS(=O)(=O)c1ccc(Cl)cc1. The molecule has 0 saturated carbocycles. The van der Waals surface area contributed by atoms with E-state index < -0.39 is 21.5 Å². The van der Waals surface area contributed by atoms with Crippen LogP contribution in [-0.2, 0) is 14.6 Å². The molecule has 106 valence electrons. The molecule has 1 atom stereocenters. The molecule has 0 aliphatic heterocycles. The van der Waals surface area contributed by atoms with Gasteiger partial charge in [-0.05, 0) is 38.2 Å². The summed E-state index contributed by atoms with van der Waals surface area (Å²) in [5.41, 5.74) is 0. The molecule has 5 nitrogen and oxygen atoms in total. The van der Waals surface area contributed by atoms with Gasteiger partial charge in [-0.3, -0.25) is 4.79 Å². The van der Waals surface area contributed by atoms with Crippen molar-refractivity contribution in [3.05, 3.63) is 29.3 Å². The third kappa shape index (κ3) is 5.18. The first-order valence-electron chi connectivity index (χ1n) is 5.77. The number of rotatable bonds is 6. The Bertz CT molecular complexity index is 528. The molecule has 0 aromatic heterocycles. The van der Waals surface area contributed by atoms with Gasteiger partial charge < -0.3 is 10.6 Å². The van der Waals surface area contributed by atoms with Gasteiger partial charge in [0.2, 0.25) is 5.91 Å². The Balaban J connectivity index is 2.64. The van der Waals surface area contributed by atoms with Crippen LogP contribution in [0, 0.1) is 0 Å². The van der Waals surface area contributed by atoms with Gasteiger partial charge in [-0.15, -0.1) is 0 Å². The molecule has 2 N–H and O–H groups in total. The zero-order valence-electron chi connectivity index (χ0n) is 10.8. The molecule has 1 rings (SSSR count). The number of sulfone groups is 1. The van der Waals surface area contributed by atoms with E-state index in [-0.39, 0.29) is 10.9 Å². The summed E-state index contributed by atoms with van der Waals surface area (Å²) >= 11 is 5.69. The second-order valence-corrected chi connectivity index (χ2v) is 6.63. The van der Waals surface area contributed by atoms with Gasteiger partial charge in [0, 0.05) is 17.6 Å². The van der Waals surface area contributed by atoms with Crippen molar-refractivity contribution in [2.24, 2.45) is 0 Å². The van der Waals surface area contributed by atoms with Gasteiger partial charge >= 0.3 is 0 Å². The summed E-state index contributed by atoms with van der Waals surface area (Å²) < 4.78 is 23.9. The Hall–Kier alpha value is -1.11. The summed E-state index contributed by atoms with van der Waals surface area (Å²) in [7, 11) is -1.86. The Morgan fingerprint density at radius 3 is 2.42 bits per heavy atom. The van der Waals surface area contributed by atoms with Crippen molar-refractivity contribution in [3.63, 3.8) is 0 Å². The number of benzene rings is 1. The van der Waals surface area contributed by atoms with Gasteiger partial charge in [-0.25, -0.2) is 8.42 Å². The molecule has 1 aromatic rings. The van der Waals surface area contributed by atoms with E-state index in [4.69, 9.17) is 11.6 Å². The largest absolute Gasteiger partial charge is 0.354 e. The molecule has 19 heavy (non-hydrogen) atoms. The van der Waals surface area contributed by atoms with Gasteiger partial charge in [-0.2, -0.15) is 0 Å². The van der Waals surface area contributed by atoms with E-state index in [9.17, 15) is 13.2 Å². The molecule has 0 fully saturated rings. The average Bonchev–Trinajstić information content (AvgIpc) is 2.36. The maximum Gasteiger partial charge on any atom is 0.235 e. The minimum absolute atomic E-state index is 0.0854. The third-order valence-corrected chi connectivity index (χ3v) is 4.48. The Morgan fingerprint density at radius 1 is 1.32 bits per heavy atom. The lowest BCUT2D eigenvalue weighted by Gasteiger charge is -2.11. The lowest BCUT2D eigenvalue weighted by molar-refractivity contribution is -0.118. The Kier molecular flexibility index (Phi) is 5.78. The van der Waals surface area contributed by atoms with E-state index in [1.807, 2.05) is 6.92 Å². The smallest absolute Gasteiger partial charge is 0.235 e. The normalized spacial score (nSPS) is 13.0. The van der Waals surface area contributed by atoms with Gasteiger partial charge in [0.05, 0.1) is 4.90 Å². The minimum Gasteiger partial charge on any atom is -0.354 e. The van der Waals surface area contributed by atoms with Crippen molar-refractivity contribution < 1.29 is 13.2 Å². The van der Waals surface area contributed by atoms with Gasteiger partial charge in [0.15, 0.2) is 9.84 Å². The number of halogens is 1. The topological polar surface area (TPSA) is 75.3 Å². The number of likely N-dealkylation sites (N-methyl/N-ethyl adjacent to an activating group) is 1. The highest BCUT2D eigenvalue weighted by molar-refractivity contribution is 7.92. The molecule has 1 amide bonds. The maximum absolute atomic E-state index is 11.9. The van der Waals surface area contributed by atoms with E-state index in [2.05, 4.69) is 10.6 Å². The minimum atomic E-state index is -3.62. The number of amides is 1. The standard InChI is InChI=1S/C12H17ClN2O3S/c1-9(14-2)7-15-12(16)8-19(17,18)11-5-3-10(13)4-6-11/h3-6,9,14H,7-8H2,1-2H3,(H,15,16). The molecule has 1 aromatic carbocycles. The predicted molar refractivity (Wildman–Crippen MR) is 75.0 cm³/mol. The van der Waals surface area contributed by atoms with Crippen molar-refractivity contribution in [2.45, 2.75) is 17.9 Å². The van der Waals surface area contributed by atoms with Crippen LogP contribution in [0.4, 0.5) is 0 Å². The number of carbonyl (C=O) groups is 1. The van der Waals surface area contributed by atoms with E-state index in [1.54, 1.807) is 7.05 Å². The molecular weight excluding hydrogens is 288 g/mol. The van der Waals surface area contributed by atoms with Crippen molar-refractivity contribution in [1.29, 1.82) is 0 Å². The fraction of sp³-hybridized carbons (Fsp3) is 0.417. The monoisotopic (exact) mass is 304 g/mol. The lowest BCUT2D eigenvalue weighted by Crippen LogP contribution is -2.39. The van der Waals surface area contributed by atoms with E-state index in [0.717, 1.165) is 0 Å². The summed E-state index contributed by atoms with van der Waals surface area (Å²) in [5.74, 6) is -1.08. The van der Waals surface area contributed by atoms with Crippen LogP contribution in [0.5, 0.6) is 0 Å². The van der Waals surface area contributed by atoms with Crippen LogP contribution in [-0.4, -0.2) is 39.7 Å². The van der Waals surface area contributed by atoms with Crippen LogP contribution in [0.15, 0.2) is 29.2 Å². The van der Waals surface area contributed by atoms with Crippen LogP contribution < -0.4 is 10.6 Å². The van der Waals surface area contributed by atoms with Crippen molar-refractivity contribution in [2.75, 3.05) is 19.3 Å². The lowest BCUT2D eigenvalue weighted by atomic mass is 10.3. The summed E-state index contributed by atoms with van der Waals surface area (Å²) in [6, 6.07) is 5.83. The number of hydrogen-bond donors (Lipinski definition) is 2. The van der Waals surface area contributed by atoms with Crippen molar-refractivity contribution in [3.8, 4) is 0 Å². The summed E-state index contributed by atoms with van der Waals surface area (Å²) in [6.07, 6.45) is 0. The second-order valence-electron chi connectivity index (χ2n) is 4.21. The number of nitrogens with one attached hydrogen (secondary N) is 2. The Morgan fingerprint density at radius 2 is 1.89 bits per heavy atom. The quantitative estimate of drug-likeness (QED) is 0.816. The number of hydrogen-bond acceptors (Lipinski definition) is 4. The first-order chi connectivity index (χ1) is 8.85. The summed E-state index contributed by atoms with van der Waals surface area (Å²) in [5, 5.41) is 5.96. The summed E-state index contributed by atoms with van der Waals surface area (Å²) in [6.45, 7) is 2.26. The zero-order valence-corrected chi connectivity index (χ0v) is 12.4. The van der Waals surface area contributed by atoms with Crippen molar-refractivity contribution >= 4 is 27.3 Å². The molecule has 0 bridgehead atoms. The van der Waals surface area contributed by atoms with E-state index in [0.29, 0.717) is 11.6 Å². The van der Waals surface area contributed by atoms with Gasteiger partial charge in [0.1, 0.15) is 5.75 Å². The molecule has 0 aliphatic carbocycles. The molecule has 0 saturated heterocycles. The molecular formula is C12H17ClN2O3S. The van der Waals surface area contributed by atoms with Crippen molar-refractivity contribution in [1.82, 2.24) is 10.6 Å². The molecule has 0 spiro atoms. The predicted octanol–water partition coefficient (Wildman–Crippen LogP) is 0.838. The molecule has 1 unspecified atom stereocenters. The molecule has 0 heterocycles. The van der Waals surface area contributed by atoms with Crippen LogP contribution in [0.25, 0.3) is 0 Å². The van der Waals surface area contributed by atoms with Crippen LogP contribution in [0.3, 0.4) is 0 Å². The zero-order chi connectivity index (χ0) is 14.5. The highest BCUT2D eigenvalue weighted by Crippen LogP contribution is 2.15.